The van der Waals surface area contributed by atoms with Crippen LogP contribution >= 0.6 is 0 Å². The van der Waals surface area contributed by atoms with Gasteiger partial charge in [-0.15, -0.1) is 0 Å². The second-order valence-corrected chi connectivity index (χ2v) is 1.69. The van der Waals surface area contributed by atoms with E-state index in [4.69, 9.17) is 5.84 Å². The van der Waals surface area contributed by atoms with Gasteiger partial charge in [0.05, 0.1) is 0 Å². The van der Waals surface area contributed by atoms with Crippen LogP contribution in [0, 0.1) is 0 Å². The summed E-state index contributed by atoms with van der Waals surface area (Å²) in [7, 11) is 0. The molecule has 1 aliphatic heterocycles. The smallest absolute Gasteiger partial charge is 0.610 e. The van der Waals surface area contributed by atoms with Crippen molar-refractivity contribution in [2.45, 2.75) is 12.8 Å². The fourth-order valence-electron chi connectivity index (χ4n) is 0.717. The third kappa shape index (κ3) is 2.35. The Labute approximate surface area is 56.2 Å². The zero-order valence-electron chi connectivity index (χ0n) is 4.78. The molecule has 0 aromatic carbocycles. The van der Waals surface area contributed by atoms with Crippen LogP contribution in [0.1, 0.15) is 12.8 Å². The van der Waals surface area contributed by atoms with E-state index in [1.54, 1.807) is 5.01 Å². The number of hydrogen-bond donors (Lipinski definition) is 0. The SMILES string of the molecule is [Li+].[NH-]N1CCCC1. The van der Waals surface area contributed by atoms with Crippen molar-refractivity contribution in [3.8, 4) is 0 Å². The van der Waals surface area contributed by atoms with Crippen molar-refractivity contribution in [1.29, 1.82) is 0 Å². The molecule has 1 rings (SSSR count). The quantitative estimate of drug-likeness (QED) is 0.319. The summed E-state index contributed by atoms with van der Waals surface area (Å²) in [6.45, 7) is 1.97. The minimum atomic E-state index is 0. The summed E-state index contributed by atoms with van der Waals surface area (Å²) in [6, 6.07) is 0. The van der Waals surface area contributed by atoms with Gasteiger partial charge in [-0.1, -0.05) is 0 Å². The molecule has 0 aromatic heterocycles. The summed E-state index contributed by atoms with van der Waals surface area (Å²) in [4.78, 5) is 0. The monoisotopic (exact) mass is 92.1 g/mol. The van der Waals surface area contributed by atoms with Gasteiger partial charge in [-0.3, -0.25) is 0 Å². The maximum atomic E-state index is 6.97. The van der Waals surface area contributed by atoms with Gasteiger partial charge in [0.15, 0.2) is 0 Å². The van der Waals surface area contributed by atoms with E-state index in [1.165, 1.54) is 12.8 Å². The van der Waals surface area contributed by atoms with Crippen LogP contribution in [-0.2, 0) is 0 Å². The minimum Gasteiger partial charge on any atom is -0.610 e. The first kappa shape index (κ1) is 7.52. The molecule has 0 amide bonds. The van der Waals surface area contributed by atoms with Crippen molar-refractivity contribution in [2.24, 2.45) is 0 Å². The molecular weight excluding hydrogens is 83.0 g/mol. The third-order valence-corrected chi connectivity index (χ3v) is 1.11. The molecule has 0 aromatic rings. The zero-order chi connectivity index (χ0) is 4.41. The Balaban J connectivity index is 0.000000360. The van der Waals surface area contributed by atoms with Gasteiger partial charge in [0.25, 0.3) is 0 Å². The van der Waals surface area contributed by atoms with Crippen molar-refractivity contribution < 1.29 is 18.9 Å². The van der Waals surface area contributed by atoms with Gasteiger partial charge in [0.2, 0.25) is 0 Å². The molecular formula is C4H9LiN2. The number of rotatable bonds is 0. The van der Waals surface area contributed by atoms with Crippen LogP contribution in [0.4, 0.5) is 0 Å². The molecule has 2 nitrogen and oxygen atoms in total. The minimum absolute atomic E-state index is 0. The van der Waals surface area contributed by atoms with E-state index in [1.807, 2.05) is 0 Å². The summed E-state index contributed by atoms with van der Waals surface area (Å²) in [5, 5.41) is 1.61. The fourth-order valence-corrected chi connectivity index (χ4v) is 0.717. The summed E-state index contributed by atoms with van der Waals surface area (Å²) in [6.07, 6.45) is 2.45. The van der Waals surface area contributed by atoms with Gasteiger partial charge >= 0.3 is 18.9 Å². The molecule has 0 unspecified atom stereocenters. The van der Waals surface area contributed by atoms with Gasteiger partial charge in [0, 0.05) is 0 Å². The predicted octanol–water partition coefficient (Wildman–Crippen LogP) is -1.95. The molecule has 1 heterocycles. The van der Waals surface area contributed by atoms with E-state index in [9.17, 15) is 0 Å². The van der Waals surface area contributed by atoms with E-state index >= 15 is 0 Å². The first-order chi connectivity index (χ1) is 2.89. The summed E-state index contributed by atoms with van der Waals surface area (Å²) in [5.41, 5.74) is 0. The van der Waals surface area contributed by atoms with E-state index in [-0.39, 0.29) is 18.9 Å². The first-order valence-electron chi connectivity index (χ1n) is 2.36. The fraction of sp³-hybridized carbons (Fsp3) is 1.00. The van der Waals surface area contributed by atoms with E-state index < -0.39 is 0 Å². The molecule has 1 N–H and O–H groups in total. The Bertz CT molecular complexity index is 43.0. The Morgan fingerprint density at radius 3 is 1.71 bits per heavy atom. The van der Waals surface area contributed by atoms with Crippen LogP contribution in [0.5, 0.6) is 0 Å². The van der Waals surface area contributed by atoms with Crippen molar-refractivity contribution >= 4 is 0 Å². The molecule has 0 atom stereocenters. The summed E-state index contributed by atoms with van der Waals surface area (Å²) in [5.74, 6) is 6.97. The largest absolute Gasteiger partial charge is 1.00 e. The molecule has 1 fully saturated rings. The number of hydrogen-bond acceptors (Lipinski definition) is 1. The second-order valence-electron chi connectivity index (χ2n) is 1.69. The van der Waals surface area contributed by atoms with Crippen molar-refractivity contribution in [2.75, 3.05) is 13.1 Å². The number of nitrogens with zero attached hydrogens (tertiary/aromatic N) is 1. The summed E-state index contributed by atoms with van der Waals surface area (Å²) >= 11 is 0. The van der Waals surface area contributed by atoms with Gasteiger partial charge in [0.1, 0.15) is 0 Å². The Hall–Kier alpha value is 0.517. The summed E-state index contributed by atoms with van der Waals surface area (Å²) < 4.78 is 0. The maximum Gasteiger partial charge on any atom is 1.00 e. The molecule has 1 aliphatic rings. The molecule has 3 heteroatoms. The van der Waals surface area contributed by atoms with Crippen molar-refractivity contribution in [3.05, 3.63) is 5.84 Å². The average molecular weight is 92.1 g/mol. The normalized spacial score (nSPS) is 21.9. The predicted molar refractivity (Wildman–Crippen MR) is 25.1 cm³/mol. The molecule has 0 bridgehead atoms. The van der Waals surface area contributed by atoms with Gasteiger partial charge < -0.3 is 10.9 Å². The Kier molecular flexibility index (Phi) is 3.77. The third-order valence-electron chi connectivity index (χ3n) is 1.11. The van der Waals surface area contributed by atoms with Crippen LogP contribution in [0.3, 0.4) is 0 Å². The van der Waals surface area contributed by atoms with E-state index in [2.05, 4.69) is 0 Å². The second kappa shape index (κ2) is 3.51. The Morgan fingerprint density at radius 1 is 1.14 bits per heavy atom. The van der Waals surface area contributed by atoms with Gasteiger partial charge in [-0.25, -0.2) is 0 Å². The molecule has 0 saturated carbocycles. The van der Waals surface area contributed by atoms with Crippen LogP contribution in [0.15, 0.2) is 0 Å². The maximum absolute atomic E-state index is 6.97. The molecule has 0 spiro atoms. The van der Waals surface area contributed by atoms with Crippen molar-refractivity contribution in [1.82, 2.24) is 5.01 Å². The van der Waals surface area contributed by atoms with Crippen LogP contribution in [0.2, 0.25) is 0 Å². The zero-order valence-corrected chi connectivity index (χ0v) is 4.78. The van der Waals surface area contributed by atoms with Crippen LogP contribution in [-0.4, -0.2) is 18.1 Å². The average Bonchev–Trinajstić information content (AvgIpc) is 1.86. The van der Waals surface area contributed by atoms with E-state index in [0.29, 0.717) is 0 Å². The number of nitrogens with one attached hydrogen (secondary N) is 1. The standard InChI is InChI=1S/C4H9N2.Li/c5-6-3-1-2-4-6;/h5H,1-4H2;/q-1;+1. The van der Waals surface area contributed by atoms with Crippen molar-refractivity contribution in [3.63, 3.8) is 0 Å². The molecule has 0 radical (unpaired) electrons. The molecule has 0 aliphatic carbocycles. The van der Waals surface area contributed by atoms with Gasteiger partial charge in [-0.05, 0) is 25.9 Å². The first-order valence-corrected chi connectivity index (χ1v) is 2.36. The van der Waals surface area contributed by atoms with Gasteiger partial charge in [-0.2, -0.15) is 0 Å². The molecule has 36 valence electrons. The molecule has 1 saturated heterocycles. The Morgan fingerprint density at radius 2 is 1.57 bits per heavy atom. The van der Waals surface area contributed by atoms with Crippen LogP contribution in [0.25, 0.3) is 5.84 Å². The molecule has 7 heavy (non-hydrogen) atoms. The van der Waals surface area contributed by atoms with E-state index in [0.717, 1.165) is 13.1 Å². The van der Waals surface area contributed by atoms with Crippen LogP contribution < -0.4 is 18.9 Å². The topological polar surface area (TPSA) is 27.0 Å².